The molecule has 116 valence electrons. The molecular weight excluding hydrogens is 284 g/mol. The summed E-state index contributed by atoms with van der Waals surface area (Å²) in [6, 6.07) is 8.29. The van der Waals surface area contributed by atoms with Crippen LogP contribution in [0.3, 0.4) is 0 Å². The number of rotatable bonds is 3. The molecule has 1 aliphatic heterocycles. The largest absolute Gasteiger partial charge is 0.469 e. The molecule has 0 spiro atoms. The Morgan fingerprint density at radius 1 is 1.14 bits per heavy atom. The van der Waals surface area contributed by atoms with E-state index >= 15 is 0 Å². The molecule has 2 rings (SSSR count). The van der Waals surface area contributed by atoms with Gasteiger partial charge in [-0.25, -0.2) is 0 Å². The lowest BCUT2D eigenvalue weighted by Gasteiger charge is -2.22. The molecule has 1 fully saturated rings. The standard InChI is InChI=1S/C16H18N2O4/c1-9-6-4-5-7-10(9)14-13(16(20)22-3)12(15(19)21-2)11(8-17)18-14/h4-7,11-14,18H,1-3H3/t11-,12-,13+,14+/m1/s1. The van der Waals surface area contributed by atoms with Crippen molar-refractivity contribution in [3.05, 3.63) is 35.4 Å². The summed E-state index contributed by atoms with van der Waals surface area (Å²) in [6.45, 7) is 1.91. The highest BCUT2D eigenvalue weighted by atomic mass is 16.5. The number of hydrogen-bond donors (Lipinski definition) is 1. The number of aryl methyl sites for hydroxylation is 1. The average Bonchev–Trinajstić information content (AvgIpc) is 2.93. The van der Waals surface area contributed by atoms with E-state index < -0.39 is 35.9 Å². The van der Waals surface area contributed by atoms with E-state index in [1.807, 2.05) is 37.3 Å². The van der Waals surface area contributed by atoms with E-state index in [9.17, 15) is 14.9 Å². The first-order valence-corrected chi connectivity index (χ1v) is 6.92. The van der Waals surface area contributed by atoms with Crippen molar-refractivity contribution in [3.63, 3.8) is 0 Å². The summed E-state index contributed by atoms with van der Waals surface area (Å²) in [7, 11) is 2.51. The molecule has 6 heteroatoms. The highest BCUT2D eigenvalue weighted by Crippen LogP contribution is 2.39. The van der Waals surface area contributed by atoms with Crippen LogP contribution in [0.2, 0.25) is 0 Å². The minimum Gasteiger partial charge on any atom is -0.469 e. The predicted molar refractivity (Wildman–Crippen MR) is 77.5 cm³/mol. The van der Waals surface area contributed by atoms with E-state index in [4.69, 9.17) is 9.47 Å². The maximum Gasteiger partial charge on any atom is 0.312 e. The van der Waals surface area contributed by atoms with Gasteiger partial charge < -0.3 is 9.47 Å². The minimum absolute atomic E-state index is 0.470. The van der Waals surface area contributed by atoms with E-state index in [-0.39, 0.29) is 0 Å². The van der Waals surface area contributed by atoms with Crippen LogP contribution >= 0.6 is 0 Å². The lowest BCUT2D eigenvalue weighted by atomic mass is 9.83. The van der Waals surface area contributed by atoms with Crippen LogP contribution in [0.15, 0.2) is 24.3 Å². The van der Waals surface area contributed by atoms with E-state index in [0.717, 1.165) is 11.1 Å². The molecule has 1 aromatic carbocycles. The molecule has 4 atom stereocenters. The minimum atomic E-state index is -0.896. The molecule has 0 unspecified atom stereocenters. The fourth-order valence-electron chi connectivity index (χ4n) is 2.99. The van der Waals surface area contributed by atoms with Crippen LogP contribution in [0.5, 0.6) is 0 Å². The van der Waals surface area contributed by atoms with Gasteiger partial charge in [0.2, 0.25) is 0 Å². The molecule has 6 nitrogen and oxygen atoms in total. The maximum atomic E-state index is 12.2. The predicted octanol–water partition coefficient (Wildman–Crippen LogP) is 1.11. The van der Waals surface area contributed by atoms with Crippen LogP contribution in [0, 0.1) is 30.1 Å². The molecule has 1 saturated heterocycles. The maximum absolute atomic E-state index is 12.2. The lowest BCUT2D eigenvalue weighted by Crippen LogP contribution is -2.35. The summed E-state index contributed by atoms with van der Waals surface area (Å²) < 4.78 is 9.62. The van der Waals surface area contributed by atoms with Gasteiger partial charge in [-0.05, 0) is 18.1 Å². The topological polar surface area (TPSA) is 88.4 Å². The Hall–Kier alpha value is -2.39. The van der Waals surface area contributed by atoms with Crippen LogP contribution in [0.25, 0.3) is 0 Å². The number of methoxy groups -OCH3 is 2. The molecule has 0 saturated carbocycles. The SMILES string of the molecule is COC(=O)[C@H]1[C@H](C(=O)OC)[C@H](c2ccccc2C)N[C@@H]1C#N. The van der Waals surface area contributed by atoms with Crippen LogP contribution in [-0.2, 0) is 19.1 Å². The summed E-state index contributed by atoms with van der Waals surface area (Å²) in [4.78, 5) is 24.3. The van der Waals surface area contributed by atoms with Gasteiger partial charge in [-0.3, -0.25) is 14.9 Å². The molecular formula is C16H18N2O4. The molecule has 22 heavy (non-hydrogen) atoms. The number of carbonyl (C=O) groups is 2. The van der Waals surface area contributed by atoms with Gasteiger partial charge in [0.25, 0.3) is 0 Å². The van der Waals surface area contributed by atoms with Gasteiger partial charge in [0.1, 0.15) is 12.0 Å². The normalized spacial score (nSPS) is 27.0. The first-order valence-electron chi connectivity index (χ1n) is 6.92. The fourth-order valence-corrected chi connectivity index (χ4v) is 2.99. The van der Waals surface area contributed by atoms with Gasteiger partial charge in [-0.2, -0.15) is 5.26 Å². The lowest BCUT2D eigenvalue weighted by molar-refractivity contribution is -0.156. The molecule has 1 aromatic rings. The molecule has 0 aromatic heterocycles. The van der Waals surface area contributed by atoms with Gasteiger partial charge in [0.05, 0.1) is 26.2 Å². The molecule has 1 heterocycles. The van der Waals surface area contributed by atoms with Crippen LogP contribution in [0.4, 0.5) is 0 Å². The summed E-state index contributed by atoms with van der Waals surface area (Å²) >= 11 is 0. The summed E-state index contributed by atoms with van der Waals surface area (Å²) in [6.07, 6.45) is 0. The van der Waals surface area contributed by atoms with E-state index in [1.165, 1.54) is 14.2 Å². The van der Waals surface area contributed by atoms with Crippen molar-refractivity contribution in [1.29, 1.82) is 5.26 Å². The van der Waals surface area contributed by atoms with Crippen molar-refractivity contribution in [2.45, 2.75) is 19.0 Å². The quantitative estimate of drug-likeness (QED) is 0.841. The fraction of sp³-hybridized carbons (Fsp3) is 0.438. The molecule has 0 amide bonds. The molecule has 1 N–H and O–H groups in total. The Balaban J connectivity index is 2.50. The van der Waals surface area contributed by atoms with Crippen molar-refractivity contribution >= 4 is 11.9 Å². The summed E-state index contributed by atoms with van der Waals surface area (Å²) in [5.74, 6) is -2.82. The first-order chi connectivity index (χ1) is 10.5. The number of hydrogen-bond acceptors (Lipinski definition) is 6. The highest BCUT2D eigenvalue weighted by molar-refractivity contribution is 5.85. The number of nitrogens with one attached hydrogen (secondary N) is 1. The van der Waals surface area contributed by atoms with Crippen LogP contribution in [-0.4, -0.2) is 32.2 Å². The number of ether oxygens (including phenoxy) is 2. The Bertz CT molecular complexity index is 623. The van der Waals surface area contributed by atoms with Crippen molar-refractivity contribution in [2.24, 2.45) is 11.8 Å². The second-order valence-electron chi connectivity index (χ2n) is 5.21. The monoisotopic (exact) mass is 302 g/mol. The molecule has 1 aliphatic rings. The third kappa shape index (κ3) is 2.68. The van der Waals surface area contributed by atoms with Gasteiger partial charge in [0.15, 0.2) is 0 Å². The van der Waals surface area contributed by atoms with Gasteiger partial charge in [-0.1, -0.05) is 24.3 Å². The number of carbonyl (C=O) groups excluding carboxylic acids is 2. The zero-order valence-electron chi connectivity index (χ0n) is 12.7. The number of esters is 2. The van der Waals surface area contributed by atoms with Crippen molar-refractivity contribution in [1.82, 2.24) is 5.32 Å². The van der Waals surface area contributed by atoms with Gasteiger partial charge >= 0.3 is 11.9 Å². The van der Waals surface area contributed by atoms with Crippen molar-refractivity contribution in [2.75, 3.05) is 14.2 Å². The smallest absolute Gasteiger partial charge is 0.312 e. The van der Waals surface area contributed by atoms with Crippen molar-refractivity contribution < 1.29 is 19.1 Å². The second kappa shape index (κ2) is 6.58. The average molecular weight is 302 g/mol. The van der Waals surface area contributed by atoms with E-state index in [1.54, 1.807) is 0 Å². The number of nitrogens with zero attached hydrogens (tertiary/aromatic N) is 1. The third-order valence-electron chi connectivity index (χ3n) is 4.07. The Morgan fingerprint density at radius 2 is 1.73 bits per heavy atom. The van der Waals surface area contributed by atoms with Gasteiger partial charge in [-0.15, -0.1) is 0 Å². The van der Waals surface area contributed by atoms with Crippen LogP contribution in [0.1, 0.15) is 17.2 Å². The summed E-state index contributed by atoms with van der Waals surface area (Å²) in [5.41, 5.74) is 1.83. The van der Waals surface area contributed by atoms with E-state index in [0.29, 0.717) is 0 Å². The Kier molecular flexibility index (Phi) is 4.78. The Labute approximate surface area is 129 Å². The zero-order chi connectivity index (χ0) is 16.3. The number of benzene rings is 1. The van der Waals surface area contributed by atoms with Crippen LogP contribution < -0.4 is 5.32 Å². The zero-order valence-corrected chi connectivity index (χ0v) is 12.7. The summed E-state index contributed by atoms with van der Waals surface area (Å²) in [5, 5.41) is 12.4. The third-order valence-corrected chi connectivity index (χ3v) is 4.07. The first kappa shape index (κ1) is 16.0. The molecule has 0 aliphatic carbocycles. The molecule has 0 bridgehead atoms. The van der Waals surface area contributed by atoms with Gasteiger partial charge in [0, 0.05) is 6.04 Å². The second-order valence-corrected chi connectivity index (χ2v) is 5.21. The Morgan fingerprint density at radius 3 is 2.27 bits per heavy atom. The number of nitriles is 1. The highest BCUT2D eigenvalue weighted by Gasteiger charge is 2.52. The molecule has 0 radical (unpaired) electrons. The van der Waals surface area contributed by atoms with Crippen molar-refractivity contribution in [3.8, 4) is 6.07 Å². The van der Waals surface area contributed by atoms with E-state index in [2.05, 4.69) is 5.32 Å².